The molecule has 0 aliphatic rings. The van der Waals surface area contributed by atoms with Gasteiger partial charge in [-0.1, -0.05) is 35.9 Å². The summed E-state index contributed by atoms with van der Waals surface area (Å²) >= 11 is 5.97. The Kier molecular flexibility index (Phi) is 5.66. The van der Waals surface area contributed by atoms with Gasteiger partial charge in [-0.25, -0.2) is 0 Å². The first-order chi connectivity index (χ1) is 10.1. The van der Waals surface area contributed by atoms with Crippen molar-refractivity contribution in [1.29, 1.82) is 0 Å². The Bertz CT molecular complexity index is 577. The molecular weight excluding hydrogens is 282 g/mol. The van der Waals surface area contributed by atoms with Crippen LogP contribution in [0.3, 0.4) is 0 Å². The number of halogens is 1. The van der Waals surface area contributed by atoms with Crippen molar-refractivity contribution < 1.29 is 4.74 Å². The molecule has 0 saturated heterocycles. The van der Waals surface area contributed by atoms with Crippen molar-refractivity contribution in [1.82, 2.24) is 5.32 Å². The molecular formula is C18H22ClNO. The summed E-state index contributed by atoms with van der Waals surface area (Å²) < 4.78 is 5.84. The van der Waals surface area contributed by atoms with Crippen LogP contribution in [0.25, 0.3) is 0 Å². The fraction of sp³-hybridized carbons (Fsp3) is 0.333. The van der Waals surface area contributed by atoms with E-state index in [9.17, 15) is 0 Å². The van der Waals surface area contributed by atoms with Crippen LogP contribution < -0.4 is 10.1 Å². The van der Waals surface area contributed by atoms with Crippen LogP contribution in [0.4, 0.5) is 0 Å². The van der Waals surface area contributed by atoms with Gasteiger partial charge >= 0.3 is 0 Å². The minimum absolute atomic E-state index is 0.267. The second-order valence-electron chi connectivity index (χ2n) is 5.33. The SMILES string of the molecule is CNC(COc1cccc(Cl)c1)Cc1c(C)cccc1C. The molecule has 0 radical (unpaired) electrons. The van der Waals surface area contributed by atoms with Crippen LogP contribution in [0.1, 0.15) is 16.7 Å². The smallest absolute Gasteiger partial charge is 0.120 e. The number of ether oxygens (including phenoxy) is 1. The van der Waals surface area contributed by atoms with Gasteiger partial charge in [0.1, 0.15) is 12.4 Å². The van der Waals surface area contributed by atoms with Gasteiger partial charge in [-0.2, -0.15) is 0 Å². The number of aryl methyl sites for hydroxylation is 2. The Balaban J connectivity index is 2.00. The van der Waals surface area contributed by atoms with Gasteiger partial charge in [-0.3, -0.25) is 0 Å². The number of rotatable bonds is 6. The molecule has 0 amide bonds. The third-order valence-corrected chi connectivity index (χ3v) is 3.99. The van der Waals surface area contributed by atoms with Crippen LogP contribution in [-0.2, 0) is 6.42 Å². The minimum Gasteiger partial charge on any atom is -0.492 e. The molecule has 0 aromatic heterocycles. The monoisotopic (exact) mass is 303 g/mol. The Morgan fingerprint density at radius 3 is 2.38 bits per heavy atom. The largest absolute Gasteiger partial charge is 0.492 e. The van der Waals surface area contributed by atoms with Crippen LogP contribution in [0.2, 0.25) is 5.02 Å². The summed E-state index contributed by atoms with van der Waals surface area (Å²) in [6, 6.07) is 14.2. The Morgan fingerprint density at radius 2 is 1.76 bits per heavy atom. The van der Waals surface area contributed by atoms with Crippen LogP contribution in [0.5, 0.6) is 5.75 Å². The molecule has 2 rings (SSSR count). The number of nitrogens with one attached hydrogen (secondary N) is 1. The number of likely N-dealkylation sites (N-methyl/N-ethyl adjacent to an activating group) is 1. The standard InChI is InChI=1S/C18H22ClNO/c1-13-6-4-7-14(2)18(13)11-16(20-3)12-21-17-9-5-8-15(19)10-17/h4-10,16,20H,11-12H2,1-3H3. The maximum atomic E-state index is 5.97. The van der Waals surface area contributed by atoms with Gasteiger partial charge in [0.25, 0.3) is 0 Å². The first-order valence-electron chi connectivity index (χ1n) is 7.21. The average Bonchev–Trinajstić information content (AvgIpc) is 2.46. The summed E-state index contributed by atoms with van der Waals surface area (Å²) in [5, 5.41) is 4.03. The Hall–Kier alpha value is -1.51. The van der Waals surface area contributed by atoms with E-state index < -0.39 is 0 Å². The molecule has 2 aromatic carbocycles. The lowest BCUT2D eigenvalue weighted by molar-refractivity contribution is 0.269. The van der Waals surface area contributed by atoms with E-state index in [4.69, 9.17) is 16.3 Å². The first-order valence-corrected chi connectivity index (χ1v) is 7.58. The molecule has 0 fully saturated rings. The summed E-state index contributed by atoms with van der Waals surface area (Å²) in [4.78, 5) is 0. The maximum Gasteiger partial charge on any atom is 0.120 e. The highest BCUT2D eigenvalue weighted by atomic mass is 35.5. The summed E-state index contributed by atoms with van der Waals surface area (Å²) in [7, 11) is 1.97. The highest BCUT2D eigenvalue weighted by Crippen LogP contribution is 2.19. The summed E-state index contributed by atoms with van der Waals surface area (Å²) in [6.45, 7) is 4.93. The van der Waals surface area contributed by atoms with Gasteiger partial charge in [0.2, 0.25) is 0 Å². The maximum absolute atomic E-state index is 5.97. The Labute approximate surface area is 132 Å². The number of hydrogen-bond acceptors (Lipinski definition) is 2. The minimum atomic E-state index is 0.267. The van der Waals surface area contributed by atoms with E-state index in [0.717, 1.165) is 12.2 Å². The lowest BCUT2D eigenvalue weighted by Gasteiger charge is -2.19. The summed E-state index contributed by atoms with van der Waals surface area (Å²) in [5.41, 5.74) is 4.06. The molecule has 0 saturated carbocycles. The number of hydrogen-bond donors (Lipinski definition) is 1. The zero-order valence-corrected chi connectivity index (χ0v) is 13.6. The van der Waals surface area contributed by atoms with Crippen LogP contribution in [0, 0.1) is 13.8 Å². The van der Waals surface area contributed by atoms with Crippen molar-refractivity contribution in [3.63, 3.8) is 0 Å². The van der Waals surface area contributed by atoms with E-state index in [1.807, 2.05) is 31.3 Å². The van der Waals surface area contributed by atoms with Crippen molar-refractivity contribution in [3.05, 3.63) is 64.2 Å². The van der Waals surface area contributed by atoms with Crippen molar-refractivity contribution in [3.8, 4) is 5.75 Å². The van der Waals surface area contributed by atoms with Gasteiger partial charge < -0.3 is 10.1 Å². The normalized spacial score (nSPS) is 12.2. The van der Waals surface area contributed by atoms with Crippen LogP contribution in [-0.4, -0.2) is 19.7 Å². The molecule has 2 nitrogen and oxygen atoms in total. The van der Waals surface area contributed by atoms with Crippen molar-refractivity contribution in [2.75, 3.05) is 13.7 Å². The molecule has 112 valence electrons. The van der Waals surface area contributed by atoms with E-state index >= 15 is 0 Å². The summed E-state index contributed by atoms with van der Waals surface area (Å²) in [6.07, 6.45) is 0.954. The van der Waals surface area contributed by atoms with Crippen LogP contribution >= 0.6 is 11.6 Å². The van der Waals surface area contributed by atoms with Gasteiger partial charge in [-0.05, 0) is 62.2 Å². The quantitative estimate of drug-likeness (QED) is 0.865. The predicted molar refractivity (Wildman–Crippen MR) is 89.4 cm³/mol. The molecule has 0 bridgehead atoms. The van der Waals surface area contributed by atoms with Crippen LogP contribution in [0.15, 0.2) is 42.5 Å². The van der Waals surface area contributed by atoms with E-state index in [2.05, 4.69) is 37.4 Å². The molecule has 2 aromatic rings. The van der Waals surface area contributed by atoms with Crippen molar-refractivity contribution in [2.45, 2.75) is 26.3 Å². The Morgan fingerprint density at radius 1 is 1.10 bits per heavy atom. The van der Waals surface area contributed by atoms with Crippen molar-refractivity contribution >= 4 is 11.6 Å². The van der Waals surface area contributed by atoms with Gasteiger partial charge in [0.05, 0.1) is 0 Å². The lowest BCUT2D eigenvalue weighted by atomic mass is 9.97. The second kappa shape index (κ2) is 7.48. The van der Waals surface area contributed by atoms with Gasteiger partial charge in [0, 0.05) is 11.1 Å². The summed E-state index contributed by atoms with van der Waals surface area (Å²) in [5.74, 6) is 0.809. The molecule has 1 N–H and O–H groups in total. The van der Waals surface area contributed by atoms with Gasteiger partial charge in [-0.15, -0.1) is 0 Å². The predicted octanol–water partition coefficient (Wildman–Crippen LogP) is 4.17. The zero-order chi connectivity index (χ0) is 15.2. The molecule has 0 heterocycles. The second-order valence-corrected chi connectivity index (χ2v) is 5.76. The first kappa shape index (κ1) is 15.9. The molecule has 21 heavy (non-hydrogen) atoms. The zero-order valence-electron chi connectivity index (χ0n) is 12.8. The van der Waals surface area contributed by atoms with E-state index in [1.54, 1.807) is 0 Å². The topological polar surface area (TPSA) is 21.3 Å². The molecule has 1 unspecified atom stereocenters. The molecule has 3 heteroatoms. The average molecular weight is 304 g/mol. The van der Waals surface area contributed by atoms with E-state index in [-0.39, 0.29) is 6.04 Å². The molecule has 1 atom stereocenters. The highest BCUT2D eigenvalue weighted by Gasteiger charge is 2.12. The molecule has 0 spiro atoms. The van der Waals surface area contributed by atoms with E-state index in [0.29, 0.717) is 11.6 Å². The van der Waals surface area contributed by atoms with Gasteiger partial charge in [0.15, 0.2) is 0 Å². The fourth-order valence-electron chi connectivity index (χ4n) is 2.42. The molecule has 0 aliphatic carbocycles. The number of benzene rings is 2. The third-order valence-electron chi connectivity index (χ3n) is 3.75. The molecule has 0 aliphatic heterocycles. The van der Waals surface area contributed by atoms with Crippen molar-refractivity contribution in [2.24, 2.45) is 0 Å². The third kappa shape index (κ3) is 4.48. The fourth-order valence-corrected chi connectivity index (χ4v) is 2.60. The highest BCUT2D eigenvalue weighted by molar-refractivity contribution is 6.30. The lowest BCUT2D eigenvalue weighted by Crippen LogP contribution is -2.34. The van der Waals surface area contributed by atoms with E-state index in [1.165, 1.54) is 16.7 Å².